The van der Waals surface area contributed by atoms with Crippen molar-refractivity contribution in [2.45, 2.75) is 19.8 Å². The van der Waals surface area contributed by atoms with E-state index in [1.807, 2.05) is 43.3 Å². The van der Waals surface area contributed by atoms with E-state index in [0.717, 1.165) is 41.1 Å². The van der Waals surface area contributed by atoms with Crippen LogP contribution in [0.5, 0.6) is 5.75 Å². The quantitative estimate of drug-likeness (QED) is 0.470. The molecule has 0 bridgehead atoms. The van der Waals surface area contributed by atoms with Crippen LogP contribution in [0.2, 0.25) is 0 Å². The average molecular weight is 385 g/mol. The van der Waals surface area contributed by atoms with E-state index in [-0.39, 0.29) is 5.91 Å². The normalized spacial score (nSPS) is 10.8. The molecule has 0 aliphatic carbocycles. The minimum atomic E-state index is -0.156. The summed E-state index contributed by atoms with van der Waals surface area (Å²) in [7, 11) is 0. The van der Waals surface area contributed by atoms with E-state index < -0.39 is 0 Å². The van der Waals surface area contributed by atoms with Gasteiger partial charge in [-0.05, 0) is 61.4 Å². The molecular formula is C24H23N3O2. The van der Waals surface area contributed by atoms with Crippen LogP contribution >= 0.6 is 0 Å². The second-order valence-corrected chi connectivity index (χ2v) is 6.81. The highest BCUT2D eigenvalue weighted by Gasteiger charge is 2.09. The largest absolute Gasteiger partial charge is 0.494 e. The summed E-state index contributed by atoms with van der Waals surface area (Å²) < 4.78 is 5.41. The van der Waals surface area contributed by atoms with E-state index in [0.29, 0.717) is 12.2 Å². The molecule has 29 heavy (non-hydrogen) atoms. The van der Waals surface area contributed by atoms with Crippen molar-refractivity contribution >= 4 is 22.6 Å². The summed E-state index contributed by atoms with van der Waals surface area (Å²) in [5, 5.41) is 2.94. The third kappa shape index (κ3) is 4.63. The number of aromatic amines is 1. The molecule has 0 aliphatic rings. The number of rotatable bonds is 7. The number of H-pyrrole nitrogens is 1. The molecule has 4 aromatic rings. The molecule has 0 unspecified atom stereocenters. The maximum absolute atomic E-state index is 12.5. The molecule has 1 aromatic heterocycles. The van der Waals surface area contributed by atoms with Gasteiger partial charge in [0.15, 0.2) is 0 Å². The number of aromatic nitrogens is 2. The zero-order chi connectivity index (χ0) is 20.1. The number of aryl methyl sites for hydroxylation is 2. The molecule has 146 valence electrons. The Bertz CT molecular complexity index is 1100. The van der Waals surface area contributed by atoms with Crippen molar-refractivity contribution in [3.05, 3.63) is 89.7 Å². The van der Waals surface area contributed by atoms with Gasteiger partial charge in [-0.25, -0.2) is 4.98 Å². The lowest BCUT2D eigenvalue weighted by Crippen LogP contribution is -2.11. The van der Waals surface area contributed by atoms with Crippen LogP contribution in [0.4, 0.5) is 5.69 Å². The highest BCUT2D eigenvalue weighted by atomic mass is 16.5. The van der Waals surface area contributed by atoms with Crippen LogP contribution in [-0.2, 0) is 12.8 Å². The van der Waals surface area contributed by atoms with Crippen LogP contribution in [0.3, 0.4) is 0 Å². The highest BCUT2D eigenvalue weighted by molar-refractivity contribution is 6.05. The Morgan fingerprint density at radius 2 is 1.79 bits per heavy atom. The molecule has 0 fully saturated rings. The van der Waals surface area contributed by atoms with Crippen molar-refractivity contribution in [2.75, 3.05) is 11.9 Å². The first-order valence-electron chi connectivity index (χ1n) is 9.78. The molecular weight excluding hydrogens is 362 g/mol. The fourth-order valence-corrected chi connectivity index (χ4v) is 3.24. The molecule has 0 aliphatic heterocycles. The average Bonchev–Trinajstić information content (AvgIpc) is 3.16. The van der Waals surface area contributed by atoms with Gasteiger partial charge in [-0.2, -0.15) is 0 Å². The first-order valence-corrected chi connectivity index (χ1v) is 9.78. The number of nitrogens with zero attached hydrogens (tertiary/aromatic N) is 1. The van der Waals surface area contributed by atoms with Gasteiger partial charge in [0.25, 0.3) is 5.91 Å². The number of amides is 1. The summed E-state index contributed by atoms with van der Waals surface area (Å²) in [5.74, 6) is 1.54. The topological polar surface area (TPSA) is 67.0 Å². The van der Waals surface area contributed by atoms with Crippen LogP contribution < -0.4 is 10.1 Å². The van der Waals surface area contributed by atoms with Crippen molar-refractivity contribution in [3.63, 3.8) is 0 Å². The number of carbonyl (C=O) groups is 1. The summed E-state index contributed by atoms with van der Waals surface area (Å²) >= 11 is 0. The fraction of sp³-hybridized carbons (Fsp3) is 0.167. The minimum absolute atomic E-state index is 0.156. The van der Waals surface area contributed by atoms with Gasteiger partial charge in [0.2, 0.25) is 0 Å². The number of benzene rings is 3. The molecule has 5 nitrogen and oxygen atoms in total. The number of hydrogen-bond acceptors (Lipinski definition) is 3. The fourth-order valence-electron chi connectivity index (χ4n) is 3.24. The van der Waals surface area contributed by atoms with Gasteiger partial charge < -0.3 is 15.0 Å². The van der Waals surface area contributed by atoms with Gasteiger partial charge >= 0.3 is 0 Å². The predicted molar refractivity (Wildman–Crippen MR) is 116 cm³/mol. The molecule has 1 amide bonds. The number of nitrogens with one attached hydrogen (secondary N) is 2. The Kier molecular flexibility index (Phi) is 5.56. The number of imidazole rings is 1. The van der Waals surface area contributed by atoms with E-state index in [1.165, 1.54) is 5.56 Å². The summed E-state index contributed by atoms with van der Waals surface area (Å²) in [6, 6.07) is 23.2. The van der Waals surface area contributed by atoms with Crippen molar-refractivity contribution in [1.29, 1.82) is 0 Å². The highest BCUT2D eigenvalue weighted by Crippen LogP contribution is 2.19. The first-order chi connectivity index (χ1) is 14.2. The Balaban J connectivity index is 1.43. The van der Waals surface area contributed by atoms with E-state index in [2.05, 4.69) is 27.4 Å². The number of anilines is 1. The van der Waals surface area contributed by atoms with Crippen molar-refractivity contribution in [1.82, 2.24) is 9.97 Å². The minimum Gasteiger partial charge on any atom is -0.494 e. The van der Waals surface area contributed by atoms with E-state index in [4.69, 9.17) is 4.74 Å². The van der Waals surface area contributed by atoms with Gasteiger partial charge in [-0.3, -0.25) is 4.79 Å². The maximum atomic E-state index is 12.5. The Labute approximate surface area is 169 Å². The van der Waals surface area contributed by atoms with Gasteiger partial charge in [0, 0.05) is 17.7 Å². The molecule has 0 radical (unpaired) electrons. The Hall–Kier alpha value is -3.60. The molecule has 5 heteroatoms. The van der Waals surface area contributed by atoms with E-state index in [9.17, 15) is 4.79 Å². The second-order valence-electron chi connectivity index (χ2n) is 6.81. The summed E-state index contributed by atoms with van der Waals surface area (Å²) in [5.41, 5.74) is 4.41. The van der Waals surface area contributed by atoms with Crippen molar-refractivity contribution in [2.24, 2.45) is 0 Å². The van der Waals surface area contributed by atoms with Crippen LogP contribution in [-0.4, -0.2) is 22.5 Å². The molecule has 0 saturated carbocycles. The number of ether oxygens (including phenoxy) is 1. The molecule has 1 heterocycles. The summed E-state index contributed by atoms with van der Waals surface area (Å²) in [6.07, 6.45) is 1.77. The van der Waals surface area contributed by atoms with Crippen LogP contribution in [0, 0.1) is 0 Å². The number of carbonyl (C=O) groups excluding carboxylic acids is 1. The second kappa shape index (κ2) is 8.61. The van der Waals surface area contributed by atoms with Crippen LogP contribution in [0.25, 0.3) is 11.0 Å². The predicted octanol–water partition coefficient (Wildman–Crippen LogP) is 5.00. The zero-order valence-electron chi connectivity index (χ0n) is 16.3. The molecule has 2 N–H and O–H groups in total. The molecule has 4 rings (SSSR count). The van der Waals surface area contributed by atoms with E-state index in [1.54, 1.807) is 24.3 Å². The smallest absolute Gasteiger partial charge is 0.255 e. The van der Waals surface area contributed by atoms with Crippen LogP contribution in [0.15, 0.2) is 72.8 Å². The molecule has 0 spiro atoms. The van der Waals surface area contributed by atoms with Gasteiger partial charge in [-0.1, -0.05) is 30.3 Å². The van der Waals surface area contributed by atoms with Crippen LogP contribution in [0.1, 0.15) is 28.7 Å². The zero-order valence-corrected chi connectivity index (χ0v) is 16.3. The Morgan fingerprint density at radius 3 is 2.55 bits per heavy atom. The van der Waals surface area contributed by atoms with Gasteiger partial charge in [-0.15, -0.1) is 0 Å². The molecule has 0 atom stereocenters. The monoisotopic (exact) mass is 385 g/mol. The third-order valence-corrected chi connectivity index (χ3v) is 4.71. The third-order valence-electron chi connectivity index (χ3n) is 4.71. The summed E-state index contributed by atoms with van der Waals surface area (Å²) in [6.45, 7) is 2.53. The maximum Gasteiger partial charge on any atom is 0.255 e. The van der Waals surface area contributed by atoms with Crippen molar-refractivity contribution in [3.8, 4) is 5.75 Å². The number of hydrogen-bond donors (Lipinski definition) is 2. The molecule has 0 saturated heterocycles. The van der Waals surface area contributed by atoms with Gasteiger partial charge in [0.1, 0.15) is 11.6 Å². The lowest BCUT2D eigenvalue weighted by Gasteiger charge is -2.07. The SMILES string of the molecule is CCOc1ccc(C(=O)Nc2ccc3nc(CCc4ccccc4)[nH]c3c2)cc1. The Morgan fingerprint density at radius 1 is 1.00 bits per heavy atom. The van der Waals surface area contributed by atoms with E-state index >= 15 is 0 Å². The first kappa shape index (κ1) is 18.7. The lowest BCUT2D eigenvalue weighted by atomic mass is 10.1. The van der Waals surface area contributed by atoms with Crippen molar-refractivity contribution < 1.29 is 9.53 Å². The standard InChI is InChI=1S/C24H23N3O2/c1-2-29-20-12-9-18(10-13-20)24(28)25-19-11-14-21-22(16-19)27-23(26-21)15-8-17-6-4-3-5-7-17/h3-7,9-14,16H,2,8,15H2,1H3,(H,25,28)(H,26,27). The summed E-state index contributed by atoms with van der Waals surface area (Å²) in [4.78, 5) is 20.5. The van der Waals surface area contributed by atoms with Gasteiger partial charge in [0.05, 0.1) is 17.6 Å². The number of fused-ring (bicyclic) bond motifs is 1. The molecule has 3 aromatic carbocycles. The lowest BCUT2D eigenvalue weighted by molar-refractivity contribution is 0.102.